The maximum atomic E-state index is 14.8. The second-order valence-corrected chi connectivity index (χ2v) is 9.31. The van der Waals surface area contributed by atoms with Crippen LogP contribution in [0.3, 0.4) is 0 Å². The van der Waals surface area contributed by atoms with Gasteiger partial charge in [0.2, 0.25) is 5.91 Å². The normalized spacial score (nSPS) is 13.8. The number of hydrogen-bond donors (Lipinski definition) is 0. The van der Waals surface area contributed by atoms with Crippen LogP contribution < -0.4 is 0 Å². The quantitative estimate of drug-likeness (QED) is 0.362. The zero-order valence-corrected chi connectivity index (χ0v) is 21.0. The predicted molar refractivity (Wildman–Crippen MR) is 137 cm³/mol. The molecule has 0 spiro atoms. The van der Waals surface area contributed by atoms with Crippen molar-refractivity contribution < 1.29 is 18.4 Å². The number of unbranched alkanes of at least 4 members (excludes halogenated alkanes) is 3. The van der Waals surface area contributed by atoms with Crippen molar-refractivity contribution in [2.24, 2.45) is 0 Å². The number of nitrogens with zero attached hydrogens (tertiary/aromatic N) is 3. The number of halogens is 2. The fourth-order valence-electron chi connectivity index (χ4n) is 4.81. The number of carbonyl (C=O) groups excluding carboxylic acids is 2. The molecule has 190 valence electrons. The Morgan fingerprint density at radius 3 is 2.22 bits per heavy atom. The topological polar surface area (TPSA) is 45.6 Å². The zero-order valence-electron chi connectivity index (χ0n) is 21.0. The Morgan fingerprint density at radius 1 is 0.861 bits per heavy atom. The molecular weight excluding hydrogens is 460 g/mol. The summed E-state index contributed by atoms with van der Waals surface area (Å²) in [7, 11) is 0. The van der Waals surface area contributed by atoms with Crippen LogP contribution in [0.25, 0.3) is 16.9 Å². The Morgan fingerprint density at radius 2 is 1.56 bits per heavy atom. The summed E-state index contributed by atoms with van der Waals surface area (Å²) in [5, 5.41) is 0. The Balaban J connectivity index is 1.56. The molecule has 0 bridgehead atoms. The van der Waals surface area contributed by atoms with Crippen LogP contribution in [0, 0.1) is 18.6 Å². The number of piperazine rings is 1. The van der Waals surface area contributed by atoms with Crippen molar-refractivity contribution in [3.05, 3.63) is 77.5 Å². The summed E-state index contributed by atoms with van der Waals surface area (Å²) >= 11 is 0. The van der Waals surface area contributed by atoms with E-state index in [1.165, 1.54) is 12.1 Å². The van der Waals surface area contributed by atoms with E-state index >= 15 is 0 Å². The second-order valence-electron chi connectivity index (χ2n) is 9.31. The monoisotopic (exact) mass is 493 g/mol. The third kappa shape index (κ3) is 5.50. The van der Waals surface area contributed by atoms with Crippen molar-refractivity contribution in [1.82, 2.24) is 14.4 Å². The molecule has 1 aromatic heterocycles. The highest BCUT2D eigenvalue weighted by Gasteiger charge is 2.28. The van der Waals surface area contributed by atoms with Gasteiger partial charge in [0, 0.05) is 44.4 Å². The molecule has 2 heterocycles. The average Bonchev–Trinajstić information content (AvgIpc) is 3.23. The van der Waals surface area contributed by atoms with E-state index in [0.717, 1.165) is 37.3 Å². The van der Waals surface area contributed by atoms with Crippen LogP contribution in [0.5, 0.6) is 0 Å². The molecule has 3 aromatic rings. The average molecular weight is 494 g/mol. The predicted octanol–water partition coefficient (Wildman–Crippen LogP) is 5.99. The van der Waals surface area contributed by atoms with Gasteiger partial charge >= 0.3 is 0 Å². The van der Waals surface area contributed by atoms with Crippen LogP contribution in [0.1, 0.15) is 55.1 Å². The van der Waals surface area contributed by atoms with Crippen molar-refractivity contribution in [2.75, 3.05) is 26.2 Å². The molecule has 1 aliphatic heterocycles. The number of hydrogen-bond acceptors (Lipinski definition) is 2. The molecule has 4 rings (SSSR count). The van der Waals surface area contributed by atoms with Gasteiger partial charge in [-0.2, -0.15) is 0 Å². The molecular formula is C29H33F2N3O2. The summed E-state index contributed by atoms with van der Waals surface area (Å²) < 4.78 is 30.1. The molecule has 0 saturated carbocycles. The van der Waals surface area contributed by atoms with Crippen molar-refractivity contribution in [3.8, 4) is 16.9 Å². The van der Waals surface area contributed by atoms with Crippen LogP contribution in [0.2, 0.25) is 0 Å². The SMILES string of the molecule is CCCCCCC(=O)N1CCN(C(=O)c2cc(-c3ccccc3)n(-c3ccc(F)cc3F)c2C)CC1. The standard InChI is InChI=1S/C29H33F2N3O2/c1-3-4-5-9-12-28(35)32-15-17-33(18-16-32)29(36)24-20-27(22-10-7-6-8-11-22)34(21(24)2)26-14-13-23(30)19-25(26)31/h6-8,10-11,13-14,19-20H,3-5,9,12,15-18H2,1-2H3. The van der Waals surface area contributed by atoms with Crippen molar-refractivity contribution >= 4 is 11.8 Å². The number of carbonyl (C=O) groups is 2. The van der Waals surface area contributed by atoms with Gasteiger partial charge in [-0.15, -0.1) is 0 Å². The molecule has 0 radical (unpaired) electrons. The first-order chi connectivity index (χ1) is 17.4. The van der Waals surface area contributed by atoms with Gasteiger partial charge in [-0.3, -0.25) is 9.59 Å². The van der Waals surface area contributed by atoms with E-state index in [1.807, 2.05) is 35.2 Å². The van der Waals surface area contributed by atoms with E-state index in [-0.39, 0.29) is 17.5 Å². The number of aromatic nitrogens is 1. The lowest BCUT2D eigenvalue weighted by Crippen LogP contribution is -2.50. The molecule has 7 heteroatoms. The van der Waals surface area contributed by atoms with E-state index in [2.05, 4.69) is 6.92 Å². The third-order valence-electron chi connectivity index (χ3n) is 6.86. The van der Waals surface area contributed by atoms with Crippen molar-refractivity contribution in [3.63, 3.8) is 0 Å². The Hall–Kier alpha value is -3.48. The van der Waals surface area contributed by atoms with Gasteiger partial charge in [-0.1, -0.05) is 56.5 Å². The lowest BCUT2D eigenvalue weighted by atomic mass is 10.1. The first kappa shape index (κ1) is 25.6. The minimum atomic E-state index is -0.698. The minimum Gasteiger partial charge on any atom is -0.339 e. The van der Waals surface area contributed by atoms with Gasteiger partial charge in [0.05, 0.1) is 16.9 Å². The molecule has 2 aromatic carbocycles. The highest BCUT2D eigenvalue weighted by atomic mass is 19.1. The highest BCUT2D eigenvalue weighted by molar-refractivity contribution is 5.97. The summed E-state index contributed by atoms with van der Waals surface area (Å²) in [5.74, 6) is -1.35. The Labute approximate surface area is 211 Å². The maximum absolute atomic E-state index is 14.8. The van der Waals surface area contributed by atoms with Crippen LogP contribution in [0.15, 0.2) is 54.6 Å². The highest BCUT2D eigenvalue weighted by Crippen LogP contribution is 2.31. The fourth-order valence-corrected chi connectivity index (χ4v) is 4.81. The molecule has 5 nitrogen and oxygen atoms in total. The van der Waals surface area contributed by atoms with Crippen molar-refractivity contribution in [2.45, 2.75) is 46.0 Å². The summed E-state index contributed by atoms with van der Waals surface area (Å²) in [6.45, 7) is 5.85. The fraction of sp³-hybridized carbons (Fsp3) is 0.379. The molecule has 1 saturated heterocycles. The van der Waals surface area contributed by atoms with Crippen LogP contribution >= 0.6 is 0 Å². The summed E-state index contributed by atoms with van der Waals surface area (Å²) in [4.78, 5) is 29.7. The van der Waals surface area contributed by atoms with Crippen LogP contribution in [-0.2, 0) is 4.79 Å². The Kier molecular flexibility index (Phi) is 8.18. The first-order valence-corrected chi connectivity index (χ1v) is 12.7. The number of benzene rings is 2. The van der Waals surface area contributed by atoms with E-state index in [1.54, 1.807) is 22.5 Å². The second kappa shape index (κ2) is 11.5. The summed E-state index contributed by atoms with van der Waals surface area (Å²) in [6, 6.07) is 14.7. The van der Waals surface area contributed by atoms with Gasteiger partial charge in [-0.05, 0) is 37.1 Å². The first-order valence-electron chi connectivity index (χ1n) is 12.7. The van der Waals surface area contributed by atoms with Gasteiger partial charge in [-0.25, -0.2) is 8.78 Å². The van der Waals surface area contributed by atoms with E-state index in [9.17, 15) is 18.4 Å². The van der Waals surface area contributed by atoms with E-state index in [4.69, 9.17) is 0 Å². The van der Waals surface area contributed by atoms with Gasteiger partial charge in [0.25, 0.3) is 5.91 Å². The summed E-state index contributed by atoms with van der Waals surface area (Å²) in [5.41, 5.74) is 2.71. The molecule has 36 heavy (non-hydrogen) atoms. The molecule has 0 aliphatic carbocycles. The Bertz CT molecular complexity index is 1210. The zero-order chi connectivity index (χ0) is 25.7. The molecule has 0 unspecified atom stereocenters. The summed E-state index contributed by atoms with van der Waals surface area (Å²) in [6.07, 6.45) is 4.80. The molecule has 0 N–H and O–H groups in total. The largest absolute Gasteiger partial charge is 0.339 e. The lowest BCUT2D eigenvalue weighted by molar-refractivity contribution is -0.132. The third-order valence-corrected chi connectivity index (χ3v) is 6.86. The number of amides is 2. The minimum absolute atomic E-state index is 0.152. The van der Waals surface area contributed by atoms with Crippen LogP contribution in [0.4, 0.5) is 8.78 Å². The van der Waals surface area contributed by atoms with E-state index < -0.39 is 11.6 Å². The van der Waals surface area contributed by atoms with Crippen molar-refractivity contribution in [1.29, 1.82) is 0 Å². The molecule has 2 amide bonds. The molecule has 0 atom stereocenters. The van der Waals surface area contributed by atoms with Gasteiger partial charge < -0.3 is 14.4 Å². The van der Waals surface area contributed by atoms with E-state index in [0.29, 0.717) is 49.6 Å². The maximum Gasteiger partial charge on any atom is 0.255 e. The smallest absolute Gasteiger partial charge is 0.255 e. The molecule has 1 fully saturated rings. The van der Waals surface area contributed by atoms with Crippen LogP contribution in [-0.4, -0.2) is 52.4 Å². The van der Waals surface area contributed by atoms with Gasteiger partial charge in [0.15, 0.2) is 0 Å². The lowest BCUT2D eigenvalue weighted by Gasteiger charge is -2.35. The molecule has 1 aliphatic rings. The number of rotatable bonds is 8. The van der Waals surface area contributed by atoms with Gasteiger partial charge in [0.1, 0.15) is 11.6 Å².